The molecule has 1 aromatic heterocycles. The van der Waals surface area contributed by atoms with E-state index in [2.05, 4.69) is 4.98 Å². The average molecular weight is 305 g/mol. The van der Waals surface area contributed by atoms with E-state index in [1.165, 1.54) is 18.2 Å². The Labute approximate surface area is 117 Å². The van der Waals surface area contributed by atoms with Crippen molar-refractivity contribution in [3.05, 3.63) is 51.9 Å². The molecule has 0 spiro atoms. The van der Waals surface area contributed by atoms with Gasteiger partial charge in [-0.25, -0.2) is 9.37 Å². The number of pyridine rings is 1. The molecule has 0 radical (unpaired) electrons. The molecule has 0 aliphatic carbocycles. The largest absolute Gasteiger partial charge is 0.275 e. The number of aromatic nitrogens is 1. The van der Waals surface area contributed by atoms with Crippen molar-refractivity contribution in [1.82, 2.24) is 4.98 Å². The molecule has 0 saturated heterocycles. The van der Waals surface area contributed by atoms with Crippen molar-refractivity contribution in [3.8, 4) is 11.3 Å². The zero-order valence-electron chi connectivity index (χ0n) is 8.75. The van der Waals surface area contributed by atoms with Gasteiger partial charge in [0.25, 0.3) is 5.24 Å². The quantitative estimate of drug-likeness (QED) is 0.601. The molecule has 0 bridgehead atoms. The predicted octanol–water partition coefficient (Wildman–Crippen LogP) is 4.57. The lowest BCUT2D eigenvalue weighted by Gasteiger charge is -2.07. The summed E-state index contributed by atoms with van der Waals surface area (Å²) in [5, 5.41) is -0.777. The van der Waals surface area contributed by atoms with E-state index in [1.807, 2.05) is 0 Å². The van der Waals surface area contributed by atoms with Crippen LogP contribution in [0, 0.1) is 5.82 Å². The lowest BCUT2D eigenvalue weighted by atomic mass is 10.1. The molecule has 0 N–H and O–H groups in total. The highest BCUT2D eigenvalue weighted by atomic mass is 35.5. The van der Waals surface area contributed by atoms with Crippen LogP contribution in [0.4, 0.5) is 4.39 Å². The van der Waals surface area contributed by atoms with Gasteiger partial charge in [-0.05, 0) is 29.8 Å². The number of halogens is 4. The van der Waals surface area contributed by atoms with E-state index >= 15 is 0 Å². The van der Waals surface area contributed by atoms with Crippen LogP contribution < -0.4 is 0 Å². The molecule has 0 saturated carbocycles. The van der Waals surface area contributed by atoms with Crippen molar-refractivity contribution in [2.75, 3.05) is 0 Å². The maximum absolute atomic E-state index is 13.6. The van der Waals surface area contributed by atoms with E-state index in [1.54, 1.807) is 12.1 Å². The first-order valence-corrected chi connectivity index (χ1v) is 5.95. The zero-order valence-corrected chi connectivity index (χ0v) is 11.0. The minimum Gasteiger partial charge on any atom is -0.275 e. The van der Waals surface area contributed by atoms with Gasteiger partial charge in [0.15, 0.2) is 0 Å². The minimum absolute atomic E-state index is 0.0107. The molecule has 1 heterocycles. The van der Waals surface area contributed by atoms with Gasteiger partial charge in [0.2, 0.25) is 0 Å². The Morgan fingerprint density at radius 1 is 1.22 bits per heavy atom. The van der Waals surface area contributed by atoms with Crippen molar-refractivity contribution in [1.29, 1.82) is 0 Å². The van der Waals surface area contributed by atoms with E-state index < -0.39 is 11.1 Å². The normalized spacial score (nSPS) is 10.4. The molecule has 2 nitrogen and oxygen atoms in total. The molecular formula is C12H5Cl3FNO. The van der Waals surface area contributed by atoms with Crippen molar-refractivity contribution in [2.45, 2.75) is 0 Å². The zero-order chi connectivity index (χ0) is 13.3. The Bertz CT molecular complexity index is 631. The highest BCUT2D eigenvalue weighted by Crippen LogP contribution is 2.31. The molecule has 0 fully saturated rings. The maximum atomic E-state index is 13.6. The van der Waals surface area contributed by atoms with Crippen LogP contribution >= 0.6 is 34.8 Å². The molecular weight excluding hydrogens is 299 g/mol. The van der Waals surface area contributed by atoms with Crippen LogP contribution in [0.5, 0.6) is 0 Å². The van der Waals surface area contributed by atoms with Gasteiger partial charge >= 0.3 is 0 Å². The maximum Gasteiger partial charge on any atom is 0.255 e. The van der Waals surface area contributed by atoms with E-state index in [-0.39, 0.29) is 27.0 Å². The summed E-state index contributed by atoms with van der Waals surface area (Å²) in [6.45, 7) is 0. The summed E-state index contributed by atoms with van der Waals surface area (Å²) >= 11 is 17.1. The summed E-state index contributed by atoms with van der Waals surface area (Å²) < 4.78 is 13.6. The Kier molecular flexibility index (Phi) is 3.85. The molecule has 0 unspecified atom stereocenters. The van der Waals surface area contributed by atoms with Crippen LogP contribution in [0.25, 0.3) is 11.3 Å². The van der Waals surface area contributed by atoms with Gasteiger partial charge < -0.3 is 0 Å². The third-order valence-corrected chi connectivity index (χ3v) is 3.05. The van der Waals surface area contributed by atoms with Crippen molar-refractivity contribution >= 4 is 40.0 Å². The Hall–Kier alpha value is -1.16. The first-order chi connectivity index (χ1) is 8.50. The lowest BCUT2D eigenvalue weighted by molar-refractivity contribution is 0.108. The van der Waals surface area contributed by atoms with Crippen molar-refractivity contribution in [3.63, 3.8) is 0 Å². The van der Waals surface area contributed by atoms with Gasteiger partial charge in [-0.15, -0.1) is 0 Å². The standard InChI is InChI=1S/C12H5Cl3FNO/c13-8-5-7(12(15)18)11(14)17-10(8)6-3-1-2-4-9(6)16/h1-5H. The number of nitrogens with zero attached hydrogens (tertiary/aromatic N) is 1. The fraction of sp³-hybridized carbons (Fsp3) is 0. The Balaban J connectivity index is 2.64. The monoisotopic (exact) mass is 303 g/mol. The van der Waals surface area contributed by atoms with Gasteiger partial charge in [0.1, 0.15) is 11.0 Å². The van der Waals surface area contributed by atoms with Crippen LogP contribution in [0.1, 0.15) is 10.4 Å². The van der Waals surface area contributed by atoms with Crippen LogP contribution in [-0.2, 0) is 0 Å². The molecule has 92 valence electrons. The molecule has 18 heavy (non-hydrogen) atoms. The molecule has 0 aliphatic rings. The summed E-state index contributed by atoms with van der Waals surface area (Å²) in [5.74, 6) is -0.479. The number of benzene rings is 1. The lowest BCUT2D eigenvalue weighted by Crippen LogP contribution is -1.97. The molecule has 0 aliphatic heterocycles. The Morgan fingerprint density at radius 3 is 2.50 bits per heavy atom. The Morgan fingerprint density at radius 2 is 1.89 bits per heavy atom. The number of hydrogen-bond donors (Lipinski definition) is 0. The summed E-state index contributed by atoms with van der Waals surface area (Å²) in [6, 6.07) is 7.26. The van der Waals surface area contributed by atoms with Gasteiger partial charge in [0, 0.05) is 5.56 Å². The second-order valence-electron chi connectivity index (χ2n) is 3.41. The molecule has 2 aromatic rings. The average Bonchev–Trinajstić information content (AvgIpc) is 2.32. The second-order valence-corrected chi connectivity index (χ2v) is 4.52. The third-order valence-electron chi connectivity index (χ3n) is 2.27. The predicted molar refractivity (Wildman–Crippen MR) is 69.8 cm³/mol. The van der Waals surface area contributed by atoms with E-state index in [0.717, 1.165) is 0 Å². The summed E-state index contributed by atoms with van der Waals surface area (Å²) in [7, 11) is 0. The summed E-state index contributed by atoms with van der Waals surface area (Å²) in [5.41, 5.74) is 0.364. The van der Waals surface area contributed by atoms with Gasteiger partial charge in [0.05, 0.1) is 16.3 Å². The van der Waals surface area contributed by atoms with Crippen LogP contribution in [0.3, 0.4) is 0 Å². The van der Waals surface area contributed by atoms with Crippen molar-refractivity contribution in [2.24, 2.45) is 0 Å². The van der Waals surface area contributed by atoms with Crippen LogP contribution in [-0.4, -0.2) is 10.2 Å². The molecule has 2 rings (SSSR count). The summed E-state index contributed by atoms with van der Waals surface area (Å²) in [6.07, 6.45) is 0. The molecule has 0 amide bonds. The van der Waals surface area contributed by atoms with Crippen molar-refractivity contribution < 1.29 is 9.18 Å². The fourth-order valence-electron chi connectivity index (χ4n) is 1.45. The topological polar surface area (TPSA) is 30.0 Å². The SMILES string of the molecule is O=C(Cl)c1cc(Cl)c(-c2ccccc2F)nc1Cl. The first kappa shape index (κ1) is 13.3. The number of rotatable bonds is 2. The number of hydrogen-bond acceptors (Lipinski definition) is 2. The second kappa shape index (κ2) is 5.22. The van der Waals surface area contributed by atoms with E-state index in [4.69, 9.17) is 34.8 Å². The number of carbonyl (C=O) groups excluding carboxylic acids is 1. The van der Waals surface area contributed by atoms with E-state index in [9.17, 15) is 9.18 Å². The molecule has 0 atom stereocenters. The van der Waals surface area contributed by atoms with Crippen LogP contribution in [0.15, 0.2) is 30.3 Å². The minimum atomic E-state index is -0.769. The van der Waals surface area contributed by atoms with Gasteiger partial charge in [-0.1, -0.05) is 35.3 Å². The summed E-state index contributed by atoms with van der Waals surface area (Å²) in [4.78, 5) is 15.0. The molecule has 6 heteroatoms. The highest BCUT2D eigenvalue weighted by molar-refractivity contribution is 6.68. The highest BCUT2D eigenvalue weighted by Gasteiger charge is 2.16. The van der Waals surface area contributed by atoms with E-state index in [0.29, 0.717) is 0 Å². The molecule has 1 aromatic carbocycles. The fourth-order valence-corrected chi connectivity index (χ4v) is 2.12. The van der Waals surface area contributed by atoms with Gasteiger partial charge in [-0.2, -0.15) is 0 Å². The first-order valence-electron chi connectivity index (χ1n) is 4.81. The third kappa shape index (κ3) is 2.48. The number of carbonyl (C=O) groups is 1. The van der Waals surface area contributed by atoms with Crippen LogP contribution in [0.2, 0.25) is 10.2 Å². The smallest absolute Gasteiger partial charge is 0.255 e. The van der Waals surface area contributed by atoms with Gasteiger partial charge in [-0.3, -0.25) is 4.79 Å².